The lowest BCUT2D eigenvalue weighted by Gasteiger charge is -2.28. The molecule has 0 fully saturated rings. The van der Waals surface area contributed by atoms with Crippen molar-refractivity contribution >= 4 is 0 Å². The van der Waals surface area contributed by atoms with E-state index in [0.717, 1.165) is 19.4 Å². The van der Waals surface area contributed by atoms with Gasteiger partial charge in [-0.05, 0) is 186 Å². The fraction of sp³-hybridized carbons (Fsp3) is 0.489. The Kier molecular flexibility index (Phi) is 13.3. The van der Waals surface area contributed by atoms with Gasteiger partial charge in [-0.1, -0.05) is 79.9 Å². The standard InChI is InChI=1S/C42H52.C5H12O/c1-10-13-38-40-24-36(29(5)20-31(40)7)23-35-22-34(27(3)19-28(35)4)14-11-12-15-39(37-17-16-26(2)18-30(37)6)42-25-41(38)32(8)21-33(42)9;1-4-6-5(2)3/h16-22,24-25,38-39H,10-15,23H2,1-9H3;5H,4H2,1-3H3. The predicted octanol–water partition coefficient (Wildman–Crippen LogP) is 13.0. The largest absolute Gasteiger partial charge is 0.379 e. The molecule has 0 N–H and O–H groups in total. The Morgan fingerprint density at radius 1 is 0.583 bits per heavy atom. The van der Waals surface area contributed by atoms with Crippen LogP contribution in [-0.2, 0) is 17.6 Å². The molecule has 0 radical (unpaired) electrons. The normalized spacial score (nSPS) is 16.4. The molecule has 6 bridgehead atoms. The van der Waals surface area contributed by atoms with E-state index in [9.17, 15) is 0 Å². The first-order chi connectivity index (χ1) is 22.8. The number of hydrogen-bond acceptors (Lipinski definition) is 1. The first-order valence-electron chi connectivity index (χ1n) is 18.8. The number of ether oxygens (including phenoxy) is 1. The number of hydrogen-bond donors (Lipinski definition) is 0. The van der Waals surface area contributed by atoms with Crippen LogP contribution in [-0.4, -0.2) is 12.7 Å². The third kappa shape index (κ3) is 9.09. The summed E-state index contributed by atoms with van der Waals surface area (Å²) in [6, 6.07) is 22.3. The van der Waals surface area contributed by atoms with Crippen LogP contribution in [0.1, 0.15) is 155 Å². The summed E-state index contributed by atoms with van der Waals surface area (Å²) in [5.41, 5.74) is 22.0. The topological polar surface area (TPSA) is 9.23 Å². The number of fused-ring (bicyclic) bond motifs is 6. The molecule has 2 unspecified atom stereocenters. The zero-order chi connectivity index (χ0) is 35.1. The second kappa shape index (κ2) is 17.0. The number of benzene rings is 4. The van der Waals surface area contributed by atoms with Crippen molar-refractivity contribution in [2.24, 2.45) is 0 Å². The van der Waals surface area contributed by atoms with Crippen molar-refractivity contribution in [1.29, 1.82) is 0 Å². The van der Waals surface area contributed by atoms with Gasteiger partial charge < -0.3 is 4.74 Å². The van der Waals surface area contributed by atoms with Crippen LogP contribution in [0, 0.1) is 55.4 Å². The van der Waals surface area contributed by atoms with Gasteiger partial charge in [0.1, 0.15) is 0 Å². The van der Waals surface area contributed by atoms with Crippen molar-refractivity contribution in [2.45, 2.75) is 146 Å². The Morgan fingerprint density at radius 3 is 1.75 bits per heavy atom. The monoisotopic (exact) mass is 644 g/mol. The lowest BCUT2D eigenvalue weighted by Crippen LogP contribution is -2.12. The van der Waals surface area contributed by atoms with Crippen LogP contribution in [0.5, 0.6) is 0 Å². The van der Waals surface area contributed by atoms with Crippen molar-refractivity contribution in [1.82, 2.24) is 0 Å². The van der Waals surface area contributed by atoms with Crippen molar-refractivity contribution in [2.75, 3.05) is 6.61 Å². The Labute approximate surface area is 294 Å². The molecule has 0 aromatic heterocycles. The molecule has 2 atom stereocenters. The minimum Gasteiger partial charge on any atom is -0.379 e. The van der Waals surface area contributed by atoms with Crippen molar-refractivity contribution in [3.05, 3.63) is 138 Å². The fourth-order valence-corrected chi connectivity index (χ4v) is 8.19. The third-order valence-electron chi connectivity index (χ3n) is 10.7. The van der Waals surface area contributed by atoms with E-state index in [2.05, 4.69) is 117 Å². The quantitative estimate of drug-likeness (QED) is 0.210. The minimum absolute atomic E-state index is 0.398. The van der Waals surface area contributed by atoms with Gasteiger partial charge in [0.25, 0.3) is 0 Å². The highest BCUT2D eigenvalue weighted by molar-refractivity contribution is 5.52. The van der Waals surface area contributed by atoms with E-state index in [1.807, 2.05) is 20.8 Å². The van der Waals surface area contributed by atoms with E-state index in [4.69, 9.17) is 4.74 Å². The maximum absolute atomic E-state index is 5.04. The molecule has 0 saturated carbocycles. The van der Waals surface area contributed by atoms with Crippen LogP contribution in [0.25, 0.3) is 0 Å². The second-order valence-electron chi connectivity index (χ2n) is 15.1. The summed E-state index contributed by atoms with van der Waals surface area (Å²) < 4.78 is 5.04. The number of rotatable bonds is 5. The second-order valence-corrected chi connectivity index (χ2v) is 15.1. The molecule has 0 heterocycles. The molecule has 1 heteroatoms. The fourth-order valence-electron chi connectivity index (χ4n) is 8.19. The van der Waals surface area contributed by atoms with E-state index in [0.29, 0.717) is 17.9 Å². The van der Waals surface area contributed by atoms with Gasteiger partial charge in [-0.2, -0.15) is 0 Å². The number of aryl methyl sites for hydroxylation is 9. The van der Waals surface area contributed by atoms with Crippen molar-refractivity contribution in [3.63, 3.8) is 0 Å². The highest BCUT2D eigenvalue weighted by atomic mass is 16.5. The van der Waals surface area contributed by atoms with Gasteiger partial charge in [0.15, 0.2) is 0 Å². The van der Waals surface area contributed by atoms with E-state index < -0.39 is 0 Å². The van der Waals surface area contributed by atoms with Crippen LogP contribution in [0.4, 0.5) is 0 Å². The molecule has 0 saturated heterocycles. The van der Waals surface area contributed by atoms with E-state index in [-0.39, 0.29) is 0 Å². The Hall–Kier alpha value is -3.16. The maximum atomic E-state index is 5.04. The SMILES string of the molecule is CCCC1c2cc(c(C)cc2C)Cc2cc(c(C)cc2C)CCCCC(c2ccc(C)cc2C)c2cc1c(C)cc2C.CCOC(C)C. The molecular formula is C47H64O. The van der Waals surface area contributed by atoms with Gasteiger partial charge in [-0.3, -0.25) is 0 Å². The van der Waals surface area contributed by atoms with Crippen molar-refractivity contribution in [3.8, 4) is 0 Å². The highest BCUT2D eigenvalue weighted by Gasteiger charge is 2.25. The molecule has 258 valence electrons. The van der Waals surface area contributed by atoms with E-state index in [1.54, 1.807) is 0 Å². The lowest BCUT2D eigenvalue weighted by atomic mass is 9.76. The summed E-state index contributed by atoms with van der Waals surface area (Å²) >= 11 is 0. The van der Waals surface area contributed by atoms with Crippen molar-refractivity contribution < 1.29 is 4.74 Å². The molecule has 1 nitrogen and oxygen atoms in total. The Bertz CT molecular complexity index is 1690. The zero-order valence-corrected chi connectivity index (χ0v) is 32.5. The molecule has 1 aliphatic rings. The van der Waals surface area contributed by atoms with E-state index in [1.165, 1.54) is 116 Å². The first-order valence-corrected chi connectivity index (χ1v) is 18.8. The average molecular weight is 645 g/mol. The minimum atomic E-state index is 0.398. The molecule has 1 aliphatic carbocycles. The smallest absolute Gasteiger partial charge is 0.0518 e. The third-order valence-corrected chi connectivity index (χ3v) is 10.7. The summed E-state index contributed by atoms with van der Waals surface area (Å²) in [5.74, 6) is 0.834. The summed E-state index contributed by atoms with van der Waals surface area (Å²) in [7, 11) is 0. The van der Waals surface area contributed by atoms with Crippen LogP contribution in [0.2, 0.25) is 0 Å². The predicted molar refractivity (Wildman–Crippen MR) is 209 cm³/mol. The van der Waals surface area contributed by atoms with Gasteiger partial charge in [0.05, 0.1) is 6.10 Å². The van der Waals surface area contributed by atoms with Gasteiger partial charge >= 0.3 is 0 Å². The van der Waals surface area contributed by atoms with Crippen LogP contribution in [0.3, 0.4) is 0 Å². The zero-order valence-electron chi connectivity index (χ0n) is 32.5. The molecule has 0 aliphatic heterocycles. The molecule has 0 spiro atoms. The van der Waals surface area contributed by atoms with Gasteiger partial charge in [0.2, 0.25) is 0 Å². The molecule has 0 amide bonds. The Balaban J connectivity index is 0.000000794. The summed E-state index contributed by atoms with van der Waals surface area (Å²) in [6.45, 7) is 27.7. The highest BCUT2D eigenvalue weighted by Crippen LogP contribution is 2.41. The van der Waals surface area contributed by atoms with Gasteiger partial charge in [-0.25, -0.2) is 0 Å². The Morgan fingerprint density at radius 2 is 1.15 bits per heavy atom. The summed E-state index contributed by atoms with van der Waals surface area (Å²) in [6.07, 6.45) is 8.59. The maximum Gasteiger partial charge on any atom is 0.0518 e. The molecule has 48 heavy (non-hydrogen) atoms. The van der Waals surface area contributed by atoms with Crippen LogP contribution >= 0.6 is 0 Å². The van der Waals surface area contributed by atoms with Crippen LogP contribution < -0.4 is 0 Å². The summed E-state index contributed by atoms with van der Waals surface area (Å²) in [4.78, 5) is 0. The molecular weight excluding hydrogens is 581 g/mol. The molecule has 4 aromatic carbocycles. The van der Waals surface area contributed by atoms with Gasteiger partial charge in [0, 0.05) is 18.4 Å². The van der Waals surface area contributed by atoms with Crippen LogP contribution in [0.15, 0.2) is 54.6 Å². The molecule has 5 rings (SSSR count). The average Bonchev–Trinajstić information content (AvgIpc) is 3.00. The van der Waals surface area contributed by atoms with E-state index >= 15 is 0 Å². The lowest BCUT2D eigenvalue weighted by molar-refractivity contribution is 0.0899. The summed E-state index contributed by atoms with van der Waals surface area (Å²) in [5, 5.41) is 0. The molecule has 4 aromatic rings. The van der Waals surface area contributed by atoms with Gasteiger partial charge in [-0.15, -0.1) is 0 Å². The first kappa shape index (κ1) is 37.7.